The third kappa shape index (κ3) is 2.23. The molecule has 3 aliphatic heterocycles. The molecule has 34 heavy (non-hydrogen) atoms. The Kier molecular flexibility index (Phi) is 3.50. The predicted molar refractivity (Wildman–Crippen MR) is 133 cm³/mol. The summed E-state index contributed by atoms with van der Waals surface area (Å²) in [7, 11) is 0. The molecule has 7 rings (SSSR count). The van der Waals surface area contributed by atoms with E-state index in [1.807, 2.05) is 0 Å². The minimum absolute atomic E-state index is 0.0139. The number of hydrogen-bond donors (Lipinski definition) is 0. The monoisotopic (exact) mass is 446 g/mol. The molecule has 5 heterocycles. The largest absolute Gasteiger partial charge is 0.456 e. The Morgan fingerprint density at radius 2 is 1.35 bits per heavy atom. The van der Waals surface area contributed by atoms with Crippen molar-refractivity contribution in [2.45, 2.75) is 58.0 Å². The van der Waals surface area contributed by atoms with Crippen molar-refractivity contribution in [2.75, 3.05) is 0 Å². The Labute approximate surface area is 201 Å². The van der Waals surface area contributed by atoms with Crippen LogP contribution in [0.25, 0.3) is 22.5 Å². The third-order valence-corrected chi connectivity index (χ3v) is 7.84. The van der Waals surface area contributed by atoms with Gasteiger partial charge in [-0.1, -0.05) is 47.6 Å². The van der Waals surface area contributed by atoms with Crippen LogP contribution in [0.1, 0.15) is 63.8 Å². The van der Waals surface area contributed by atoms with Crippen LogP contribution < -0.4 is 13.9 Å². The number of pyridine rings is 2. The summed E-state index contributed by atoms with van der Waals surface area (Å²) < 4.78 is 11.7. The summed E-state index contributed by atoms with van der Waals surface area (Å²) in [6, 6.07) is 22.4. The van der Waals surface area contributed by atoms with Gasteiger partial charge in [-0.2, -0.15) is 0 Å². The second-order valence-corrected chi connectivity index (χ2v) is 12.0. The minimum Gasteiger partial charge on any atom is -0.456 e. The number of rotatable bonds is 0. The topological polar surface area (TPSA) is 17.0 Å². The van der Waals surface area contributed by atoms with E-state index in [4.69, 9.17) is 4.74 Å². The minimum atomic E-state index is -0.479. The maximum absolute atomic E-state index is 6.72. The van der Waals surface area contributed by atoms with Gasteiger partial charge in [-0.3, -0.25) is 0 Å². The van der Waals surface area contributed by atoms with Crippen molar-refractivity contribution in [1.29, 1.82) is 0 Å². The Balaban J connectivity index is 1.70. The summed E-state index contributed by atoms with van der Waals surface area (Å²) in [4.78, 5) is 0. The highest BCUT2D eigenvalue weighted by Crippen LogP contribution is 2.57. The van der Waals surface area contributed by atoms with Gasteiger partial charge in [-0.15, -0.1) is 9.13 Å². The average molecular weight is 447 g/mol. The predicted octanol–water partition coefficient (Wildman–Crippen LogP) is 6.22. The molecule has 0 aliphatic carbocycles. The van der Waals surface area contributed by atoms with Gasteiger partial charge in [0.15, 0.2) is 23.5 Å². The summed E-state index contributed by atoms with van der Waals surface area (Å²) in [6.45, 7) is 13.7. The van der Waals surface area contributed by atoms with Crippen molar-refractivity contribution in [3.05, 3.63) is 95.3 Å². The molecule has 2 aromatic carbocycles. The first-order valence-electron chi connectivity index (χ1n) is 12.2. The molecule has 3 aliphatic rings. The Morgan fingerprint density at radius 3 is 2.12 bits per heavy atom. The zero-order valence-corrected chi connectivity index (χ0v) is 20.7. The Morgan fingerprint density at radius 1 is 0.618 bits per heavy atom. The van der Waals surface area contributed by atoms with E-state index in [1.54, 1.807) is 0 Å². The van der Waals surface area contributed by atoms with Gasteiger partial charge < -0.3 is 4.74 Å². The van der Waals surface area contributed by atoms with Crippen LogP contribution in [0, 0.1) is 0 Å². The van der Waals surface area contributed by atoms with Crippen molar-refractivity contribution < 1.29 is 13.9 Å². The van der Waals surface area contributed by atoms with E-state index in [1.165, 1.54) is 44.8 Å². The molecular weight excluding hydrogens is 416 g/mol. The van der Waals surface area contributed by atoms with Crippen LogP contribution in [-0.4, -0.2) is 0 Å². The Hall–Kier alpha value is -3.46. The molecule has 2 aromatic heterocycles. The number of aromatic nitrogens is 2. The van der Waals surface area contributed by atoms with Gasteiger partial charge in [0.2, 0.25) is 11.4 Å². The van der Waals surface area contributed by atoms with Crippen LogP contribution >= 0.6 is 0 Å². The van der Waals surface area contributed by atoms with Gasteiger partial charge in [0.05, 0.1) is 11.1 Å². The van der Waals surface area contributed by atoms with Crippen molar-refractivity contribution in [2.24, 2.45) is 0 Å². The van der Waals surface area contributed by atoms with E-state index in [0.29, 0.717) is 0 Å². The highest BCUT2D eigenvalue weighted by Gasteiger charge is 2.71. The van der Waals surface area contributed by atoms with Crippen LogP contribution in [0.4, 0.5) is 0 Å². The van der Waals surface area contributed by atoms with Gasteiger partial charge in [0.1, 0.15) is 11.5 Å². The quantitative estimate of drug-likeness (QED) is 0.253. The van der Waals surface area contributed by atoms with E-state index in [-0.39, 0.29) is 10.8 Å². The van der Waals surface area contributed by atoms with E-state index in [2.05, 4.69) is 124 Å². The smallest absolute Gasteiger partial charge is 0.424 e. The van der Waals surface area contributed by atoms with Crippen LogP contribution in [0.15, 0.2) is 73.1 Å². The lowest BCUT2D eigenvalue weighted by atomic mass is 9.81. The highest BCUT2D eigenvalue weighted by molar-refractivity contribution is 5.80. The van der Waals surface area contributed by atoms with Gasteiger partial charge in [0, 0.05) is 24.3 Å². The fourth-order valence-electron chi connectivity index (χ4n) is 6.12. The van der Waals surface area contributed by atoms with E-state index < -0.39 is 5.66 Å². The van der Waals surface area contributed by atoms with Crippen molar-refractivity contribution in [3.8, 4) is 34.0 Å². The van der Waals surface area contributed by atoms with Crippen LogP contribution in [0.5, 0.6) is 11.5 Å². The zero-order chi connectivity index (χ0) is 23.6. The van der Waals surface area contributed by atoms with E-state index >= 15 is 0 Å². The standard InChI is InChI=1S/C31H30N2O/c1-29(2,3)19-13-15-33-24(17-19)22-16-20(30(4,5)6)18-26-28(22)31(33)27-21(10-9-12-25(27)34-26)23-11-7-8-14-32(23)31/h7-18H,1-6H3/q+2. The molecule has 4 aromatic rings. The molecule has 0 bridgehead atoms. The van der Waals surface area contributed by atoms with Gasteiger partial charge in [-0.25, -0.2) is 0 Å². The second kappa shape index (κ2) is 5.96. The summed E-state index contributed by atoms with van der Waals surface area (Å²) in [5.74, 6) is 1.92. The normalized spacial score (nSPS) is 18.6. The molecule has 0 radical (unpaired) electrons. The molecule has 3 heteroatoms. The molecule has 0 N–H and O–H groups in total. The number of fused-ring (bicyclic) bond motifs is 4. The summed E-state index contributed by atoms with van der Waals surface area (Å²) in [6.07, 6.45) is 4.53. The average Bonchev–Trinajstić information content (AvgIpc) is 3.26. The molecule has 0 amide bonds. The lowest BCUT2D eigenvalue weighted by Crippen LogP contribution is -2.71. The van der Waals surface area contributed by atoms with Gasteiger partial charge in [-0.05, 0) is 52.3 Å². The SMILES string of the molecule is CC(C)(C)c1cc2c3c(c1)-c1cc(C(C)(C)C)cc[n+]1C31c3c(cccc3-c3cccc[n+]31)O2. The molecule has 0 fully saturated rings. The lowest BCUT2D eigenvalue weighted by molar-refractivity contribution is -0.955. The van der Waals surface area contributed by atoms with Crippen molar-refractivity contribution >= 4 is 0 Å². The second-order valence-electron chi connectivity index (χ2n) is 12.0. The first-order chi connectivity index (χ1) is 16.1. The molecular formula is C31H30N2O+2. The fourth-order valence-corrected chi connectivity index (χ4v) is 6.12. The first-order valence-corrected chi connectivity index (χ1v) is 12.2. The zero-order valence-electron chi connectivity index (χ0n) is 20.7. The highest BCUT2D eigenvalue weighted by atomic mass is 16.5. The summed E-state index contributed by atoms with van der Waals surface area (Å²) in [5, 5.41) is 0. The number of nitrogens with zero attached hydrogens (tertiary/aromatic N) is 2. The molecule has 0 saturated heterocycles. The molecule has 168 valence electrons. The molecule has 0 saturated carbocycles. The first kappa shape index (κ1) is 20.0. The molecule has 1 spiro atoms. The van der Waals surface area contributed by atoms with Gasteiger partial charge >= 0.3 is 5.66 Å². The van der Waals surface area contributed by atoms with E-state index in [0.717, 1.165) is 11.5 Å². The molecule has 1 atom stereocenters. The van der Waals surface area contributed by atoms with E-state index in [9.17, 15) is 0 Å². The fraction of sp³-hybridized carbons (Fsp3) is 0.290. The number of benzene rings is 2. The summed E-state index contributed by atoms with van der Waals surface area (Å²) in [5.41, 5.74) is 9.73. The van der Waals surface area contributed by atoms with Crippen molar-refractivity contribution in [3.63, 3.8) is 0 Å². The lowest BCUT2D eigenvalue weighted by Gasteiger charge is -2.27. The maximum Gasteiger partial charge on any atom is 0.424 e. The summed E-state index contributed by atoms with van der Waals surface area (Å²) >= 11 is 0. The maximum atomic E-state index is 6.72. The Bertz CT molecular complexity index is 1550. The number of ether oxygens (including phenoxy) is 1. The van der Waals surface area contributed by atoms with Crippen molar-refractivity contribution in [1.82, 2.24) is 0 Å². The third-order valence-electron chi connectivity index (χ3n) is 7.84. The van der Waals surface area contributed by atoms with Crippen LogP contribution in [0.3, 0.4) is 0 Å². The van der Waals surface area contributed by atoms with Gasteiger partial charge in [0.25, 0.3) is 0 Å². The number of hydrogen-bond acceptors (Lipinski definition) is 1. The van der Waals surface area contributed by atoms with Crippen LogP contribution in [-0.2, 0) is 16.5 Å². The molecule has 1 unspecified atom stereocenters. The molecule has 3 nitrogen and oxygen atoms in total. The van der Waals surface area contributed by atoms with Crippen LogP contribution in [0.2, 0.25) is 0 Å².